The third-order valence-corrected chi connectivity index (χ3v) is 9.13. The van der Waals surface area contributed by atoms with Crippen LogP contribution in [0, 0.1) is 0 Å². The molecule has 2 saturated heterocycles. The molecule has 0 aliphatic carbocycles. The molecule has 2 heterocycles. The Labute approximate surface area is 145 Å². The topological polar surface area (TPSA) is 18.5 Å². The molecule has 4 rings (SSSR count). The maximum atomic E-state index is 6.58. The van der Waals surface area contributed by atoms with Crippen LogP contribution in [0.4, 0.5) is 0 Å². The van der Waals surface area contributed by atoms with E-state index in [1.54, 1.807) is 0 Å². The maximum absolute atomic E-state index is 6.58. The average molecular weight is 339 g/mol. The van der Waals surface area contributed by atoms with Crippen molar-refractivity contribution in [2.45, 2.75) is 49.8 Å². The molecule has 0 radical (unpaired) electrons. The summed E-state index contributed by atoms with van der Waals surface area (Å²) in [6.45, 7) is 7.73. The van der Waals surface area contributed by atoms with Gasteiger partial charge in [-0.3, -0.25) is 0 Å². The lowest BCUT2D eigenvalue weighted by Crippen LogP contribution is -2.51. The first kappa shape index (κ1) is 16.1. The Morgan fingerprint density at radius 3 is 2.25 bits per heavy atom. The summed E-state index contributed by atoms with van der Waals surface area (Å²) in [6, 6.07) is 22.9. The van der Waals surface area contributed by atoms with Gasteiger partial charge in [-0.15, -0.1) is 0 Å². The van der Waals surface area contributed by atoms with E-state index in [4.69, 9.17) is 9.47 Å². The van der Waals surface area contributed by atoms with Crippen molar-refractivity contribution in [3.8, 4) is 0 Å². The number of fused-ring (bicyclic) bond motifs is 2. The SMILES string of the molecule is CC12CC(c3ccccc3)C(C[Si](C)(C)c3ccccc3)(CO1)O2. The molecule has 2 aromatic rings. The minimum absolute atomic E-state index is 0.179. The summed E-state index contributed by atoms with van der Waals surface area (Å²) < 4.78 is 12.7. The van der Waals surface area contributed by atoms with Crippen LogP contribution in [-0.4, -0.2) is 26.1 Å². The van der Waals surface area contributed by atoms with Gasteiger partial charge in [0, 0.05) is 12.3 Å². The summed E-state index contributed by atoms with van der Waals surface area (Å²) >= 11 is 0. The Hall–Kier alpha value is -1.42. The highest BCUT2D eigenvalue weighted by atomic mass is 28.3. The van der Waals surface area contributed by atoms with E-state index in [1.807, 2.05) is 0 Å². The summed E-state index contributed by atoms with van der Waals surface area (Å²) in [4.78, 5) is 0. The third-order valence-electron chi connectivity index (χ3n) is 5.75. The fourth-order valence-corrected chi connectivity index (χ4v) is 7.87. The van der Waals surface area contributed by atoms with Crippen molar-refractivity contribution in [1.82, 2.24) is 0 Å². The lowest BCUT2D eigenvalue weighted by Gasteiger charge is -2.38. The minimum Gasteiger partial charge on any atom is -0.347 e. The molecule has 3 heteroatoms. The summed E-state index contributed by atoms with van der Waals surface area (Å²) in [5.41, 5.74) is 1.21. The van der Waals surface area contributed by atoms with Crippen molar-refractivity contribution in [3.63, 3.8) is 0 Å². The zero-order valence-corrected chi connectivity index (χ0v) is 15.8. The van der Waals surface area contributed by atoms with E-state index >= 15 is 0 Å². The lowest BCUT2D eigenvalue weighted by molar-refractivity contribution is -0.136. The Kier molecular flexibility index (Phi) is 3.71. The van der Waals surface area contributed by atoms with Crippen LogP contribution in [0.2, 0.25) is 19.1 Å². The van der Waals surface area contributed by atoms with Crippen molar-refractivity contribution < 1.29 is 9.47 Å². The average Bonchev–Trinajstić information content (AvgIpc) is 3.06. The molecule has 2 aromatic carbocycles. The van der Waals surface area contributed by atoms with Crippen LogP contribution in [0.25, 0.3) is 0 Å². The molecule has 0 amide bonds. The van der Waals surface area contributed by atoms with Gasteiger partial charge in [-0.1, -0.05) is 78.9 Å². The van der Waals surface area contributed by atoms with Crippen LogP contribution >= 0.6 is 0 Å². The van der Waals surface area contributed by atoms with Gasteiger partial charge in [-0.05, 0) is 18.5 Å². The standard InChI is InChI=1S/C21H26O2Si/c1-20-14-19(17-10-6-4-7-11-17)21(23-20,15-22-20)16-24(2,3)18-12-8-5-9-13-18/h4-13,19H,14-16H2,1-3H3. The highest BCUT2D eigenvalue weighted by Gasteiger charge is 2.62. The van der Waals surface area contributed by atoms with E-state index in [-0.39, 0.29) is 5.60 Å². The van der Waals surface area contributed by atoms with E-state index in [2.05, 4.69) is 80.7 Å². The zero-order chi connectivity index (χ0) is 16.8. The lowest BCUT2D eigenvalue weighted by atomic mass is 9.81. The number of ether oxygens (including phenoxy) is 2. The Bertz CT molecular complexity index is 715. The first-order chi connectivity index (χ1) is 11.4. The predicted octanol–water partition coefficient (Wildman–Crippen LogP) is 4.29. The first-order valence-electron chi connectivity index (χ1n) is 8.87. The second-order valence-corrected chi connectivity index (χ2v) is 12.9. The quantitative estimate of drug-likeness (QED) is 0.774. The monoisotopic (exact) mass is 338 g/mol. The molecule has 0 aromatic heterocycles. The van der Waals surface area contributed by atoms with E-state index in [9.17, 15) is 0 Å². The van der Waals surface area contributed by atoms with Gasteiger partial charge in [0.2, 0.25) is 0 Å². The number of hydrogen-bond donors (Lipinski definition) is 0. The van der Waals surface area contributed by atoms with Gasteiger partial charge in [0.05, 0.1) is 20.3 Å². The molecule has 2 bridgehead atoms. The van der Waals surface area contributed by atoms with E-state index in [0.29, 0.717) is 12.5 Å². The normalized spacial score (nSPS) is 32.2. The molecule has 3 atom stereocenters. The van der Waals surface area contributed by atoms with Crippen LogP contribution < -0.4 is 5.19 Å². The summed E-state index contributed by atoms with van der Waals surface area (Å²) in [5, 5.41) is 1.50. The Balaban J connectivity index is 1.69. The van der Waals surface area contributed by atoms with Crippen molar-refractivity contribution in [3.05, 3.63) is 66.2 Å². The summed E-state index contributed by atoms with van der Waals surface area (Å²) in [6.07, 6.45) is 0.955. The van der Waals surface area contributed by atoms with Crippen LogP contribution in [-0.2, 0) is 9.47 Å². The minimum atomic E-state index is -1.62. The number of benzene rings is 2. The predicted molar refractivity (Wildman–Crippen MR) is 100 cm³/mol. The van der Waals surface area contributed by atoms with Crippen molar-refractivity contribution >= 4 is 13.3 Å². The third kappa shape index (κ3) is 2.65. The van der Waals surface area contributed by atoms with Crippen LogP contribution in [0.1, 0.15) is 24.8 Å². The van der Waals surface area contributed by atoms with Gasteiger partial charge in [0.15, 0.2) is 5.79 Å². The molecular formula is C21H26O2Si. The summed E-state index contributed by atoms with van der Waals surface area (Å²) in [7, 11) is -1.62. The molecule has 2 fully saturated rings. The largest absolute Gasteiger partial charge is 0.347 e. The second kappa shape index (κ2) is 5.55. The van der Waals surface area contributed by atoms with Gasteiger partial charge in [-0.2, -0.15) is 0 Å². The highest BCUT2D eigenvalue weighted by molar-refractivity contribution is 6.90. The molecule has 2 aliphatic rings. The molecule has 2 nitrogen and oxygen atoms in total. The molecule has 0 saturated carbocycles. The summed E-state index contributed by atoms with van der Waals surface area (Å²) in [5.74, 6) is 0.00901. The molecular weight excluding hydrogens is 312 g/mol. The fourth-order valence-electron chi connectivity index (χ4n) is 4.65. The van der Waals surface area contributed by atoms with Crippen molar-refractivity contribution in [2.24, 2.45) is 0 Å². The molecule has 0 N–H and O–H groups in total. The highest BCUT2D eigenvalue weighted by Crippen LogP contribution is 2.56. The van der Waals surface area contributed by atoms with Gasteiger partial charge >= 0.3 is 0 Å². The van der Waals surface area contributed by atoms with Crippen LogP contribution in [0.5, 0.6) is 0 Å². The van der Waals surface area contributed by atoms with Gasteiger partial charge in [0.25, 0.3) is 0 Å². The van der Waals surface area contributed by atoms with Gasteiger partial charge < -0.3 is 9.47 Å². The van der Waals surface area contributed by atoms with E-state index in [1.165, 1.54) is 10.8 Å². The molecule has 24 heavy (non-hydrogen) atoms. The molecule has 126 valence electrons. The molecule has 0 spiro atoms. The number of rotatable bonds is 4. The van der Waals surface area contributed by atoms with E-state index < -0.39 is 13.9 Å². The van der Waals surface area contributed by atoms with Gasteiger partial charge in [-0.25, -0.2) is 0 Å². The van der Waals surface area contributed by atoms with Crippen molar-refractivity contribution in [1.29, 1.82) is 0 Å². The smallest absolute Gasteiger partial charge is 0.167 e. The Morgan fingerprint density at radius 1 is 1.00 bits per heavy atom. The number of hydrogen-bond acceptors (Lipinski definition) is 2. The zero-order valence-electron chi connectivity index (χ0n) is 14.8. The van der Waals surface area contributed by atoms with Crippen molar-refractivity contribution in [2.75, 3.05) is 6.61 Å². The fraction of sp³-hybridized carbons (Fsp3) is 0.429. The van der Waals surface area contributed by atoms with Crippen LogP contribution in [0.15, 0.2) is 60.7 Å². The Morgan fingerprint density at radius 2 is 1.62 bits per heavy atom. The maximum Gasteiger partial charge on any atom is 0.167 e. The van der Waals surface area contributed by atoms with Crippen LogP contribution in [0.3, 0.4) is 0 Å². The molecule has 2 aliphatic heterocycles. The van der Waals surface area contributed by atoms with E-state index in [0.717, 1.165) is 12.5 Å². The van der Waals surface area contributed by atoms with Gasteiger partial charge in [0.1, 0.15) is 0 Å². The molecule has 3 unspecified atom stereocenters. The first-order valence-corrected chi connectivity index (χ1v) is 12.1. The second-order valence-electron chi connectivity index (χ2n) is 8.18.